The lowest BCUT2D eigenvalue weighted by atomic mass is 10.2. The number of H-pyrrole nitrogens is 1. The number of hydrogen-bond acceptors (Lipinski definition) is 2. The van der Waals surface area contributed by atoms with E-state index in [4.69, 9.17) is 28.2 Å². The number of rotatable bonds is 2. The molecule has 2 heterocycles. The van der Waals surface area contributed by atoms with E-state index in [1.54, 1.807) is 6.26 Å². The monoisotopic (exact) mass is 278 g/mol. The van der Waals surface area contributed by atoms with Gasteiger partial charge in [0.1, 0.15) is 5.76 Å². The van der Waals surface area contributed by atoms with Crippen LogP contribution in [0, 0.1) is 4.77 Å². The number of furan rings is 1. The van der Waals surface area contributed by atoms with E-state index < -0.39 is 0 Å². The lowest BCUT2D eigenvalue weighted by molar-refractivity contribution is 0.449. The Morgan fingerprint density at radius 1 is 1.33 bits per heavy atom. The number of aromatic amines is 1. The van der Waals surface area contributed by atoms with Crippen LogP contribution in [0.1, 0.15) is 18.7 Å². The zero-order valence-corrected chi connectivity index (χ0v) is 11.3. The summed E-state index contributed by atoms with van der Waals surface area (Å²) in [5, 5.41) is 0.679. The van der Waals surface area contributed by atoms with E-state index in [1.807, 2.05) is 41.8 Å². The SMILES string of the molecule is CC(c1ccco1)n1c(=S)[nH]c2cccc(Cl)c21. The normalized spacial score (nSPS) is 13.0. The second kappa shape index (κ2) is 4.30. The molecule has 0 saturated carbocycles. The minimum Gasteiger partial charge on any atom is -0.467 e. The average Bonchev–Trinajstić information content (AvgIpc) is 2.95. The first kappa shape index (κ1) is 11.6. The van der Waals surface area contributed by atoms with Gasteiger partial charge in [-0.1, -0.05) is 17.7 Å². The molecule has 0 saturated heterocycles. The van der Waals surface area contributed by atoms with Crippen LogP contribution in [0.2, 0.25) is 5.02 Å². The Labute approximate surface area is 114 Å². The molecular weight excluding hydrogens is 268 g/mol. The van der Waals surface area contributed by atoms with Crippen molar-refractivity contribution in [2.45, 2.75) is 13.0 Å². The third-order valence-corrected chi connectivity index (χ3v) is 3.63. The van der Waals surface area contributed by atoms with Crippen LogP contribution >= 0.6 is 23.8 Å². The van der Waals surface area contributed by atoms with Gasteiger partial charge >= 0.3 is 0 Å². The van der Waals surface area contributed by atoms with Gasteiger partial charge in [-0.25, -0.2) is 0 Å². The standard InChI is InChI=1S/C13H11ClN2OS/c1-8(11-6-3-7-17-11)16-12-9(14)4-2-5-10(12)15-13(16)18/h2-8H,1H3,(H,15,18). The Morgan fingerprint density at radius 3 is 2.89 bits per heavy atom. The summed E-state index contributed by atoms with van der Waals surface area (Å²) >= 11 is 11.6. The van der Waals surface area contributed by atoms with Crippen LogP contribution in [0.3, 0.4) is 0 Å². The number of fused-ring (bicyclic) bond motifs is 1. The molecular formula is C13H11ClN2OS. The van der Waals surface area contributed by atoms with Crippen molar-refractivity contribution in [3.63, 3.8) is 0 Å². The van der Waals surface area contributed by atoms with Gasteiger partial charge < -0.3 is 14.0 Å². The van der Waals surface area contributed by atoms with Crippen LogP contribution in [-0.4, -0.2) is 9.55 Å². The highest BCUT2D eigenvalue weighted by Crippen LogP contribution is 2.29. The molecule has 0 bridgehead atoms. The number of para-hydroxylation sites is 1. The number of halogens is 1. The number of benzene rings is 1. The maximum Gasteiger partial charge on any atom is 0.178 e. The van der Waals surface area contributed by atoms with Crippen molar-refractivity contribution in [1.29, 1.82) is 0 Å². The minimum atomic E-state index is 0.00106. The van der Waals surface area contributed by atoms with Crippen LogP contribution in [-0.2, 0) is 0 Å². The second-order valence-electron chi connectivity index (χ2n) is 4.13. The highest BCUT2D eigenvalue weighted by atomic mass is 35.5. The highest BCUT2D eigenvalue weighted by molar-refractivity contribution is 7.71. The summed E-state index contributed by atoms with van der Waals surface area (Å²) in [5.41, 5.74) is 1.85. The predicted octanol–water partition coefficient (Wildman–Crippen LogP) is 4.55. The quantitative estimate of drug-likeness (QED) is 0.698. The largest absolute Gasteiger partial charge is 0.467 e. The van der Waals surface area contributed by atoms with E-state index in [-0.39, 0.29) is 6.04 Å². The van der Waals surface area contributed by atoms with E-state index in [0.717, 1.165) is 16.8 Å². The molecule has 1 aromatic carbocycles. The first-order chi connectivity index (χ1) is 8.68. The summed E-state index contributed by atoms with van der Waals surface area (Å²) in [4.78, 5) is 3.16. The van der Waals surface area contributed by atoms with Gasteiger partial charge in [-0.15, -0.1) is 0 Å². The molecule has 1 atom stereocenters. The third kappa shape index (κ3) is 1.69. The number of nitrogens with one attached hydrogen (secondary N) is 1. The van der Waals surface area contributed by atoms with Crippen LogP contribution in [0.5, 0.6) is 0 Å². The van der Waals surface area contributed by atoms with Gasteiger partial charge in [0.25, 0.3) is 0 Å². The van der Waals surface area contributed by atoms with Crippen LogP contribution in [0.4, 0.5) is 0 Å². The zero-order chi connectivity index (χ0) is 12.7. The molecule has 3 rings (SSSR count). The number of nitrogens with zero attached hydrogens (tertiary/aromatic N) is 1. The van der Waals surface area contributed by atoms with E-state index >= 15 is 0 Å². The first-order valence-corrected chi connectivity index (χ1v) is 6.39. The molecule has 5 heteroatoms. The molecule has 1 N–H and O–H groups in total. The van der Waals surface area contributed by atoms with Crippen molar-refractivity contribution in [2.75, 3.05) is 0 Å². The van der Waals surface area contributed by atoms with E-state index in [2.05, 4.69) is 4.98 Å². The number of imidazole rings is 1. The summed E-state index contributed by atoms with van der Waals surface area (Å²) in [6.07, 6.45) is 1.66. The van der Waals surface area contributed by atoms with Crippen molar-refractivity contribution < 1.29 is 4.42 Å². The Hall–Kier alpha value is -1.52. The fourth-order valence-electron chi connectivity index (χ4n) is 2.16. The Bertz CT molecular complexity index is 742. The van der Waals surface area contributed by atoms with Crippen molar-refractivity contribution in [3.8, 4) is 0 Å². The molecule has 0 amide bonds. The molecule has 0 spiro atoms. The van der Waals surface area contributed by atoms with E-state index in [9.17, 15) is 0 Å². The summed E-state index contributed by atoms with van der Waals surface area (Å²) in [7, 11) is 0. The first-order valence-electron chi connectivity index (χ1n) is 5.60. The molecule has 1 unspecified atom stereocenters. The Balaban J connectivity index is 2.29. The number of aromatic nitrogens is 2. The van der Waals surface area contributed by atoms with Crippen molar-refractivity contribution >= 4 is 34.9 Å². The van der Waals surface area contributed by atoms with Crippen molar-refractivity contribution in [3.05, 3.63) is 52.1 Å². The molecule has 0 radical (unpaired) electrons. The summed E-state index contributed by atoms with van der Waals surface area (Å²) in [6.45, 7) is 2.03. The van der Waals surface area contributed by atoms with Gasteiger partial charge in [-0.3, -0.25) is 0 Å². The molecule has 0 aliphatic rings. The Kier molecular flexibility index (Phi) is 2.76. The second-order valence-corrected chi connectivity index (χ2v) is 4.92. The van der Waals surface area contributed by atoms with E-state index in [1.165, 1.54) is 0 Å². The molecule has 0 fully saturated rings. The van der Waals surface area contributed by atoms with Gasteiger partial charge in [-0.2, -0.15) is 0 Å². The van der Waals surface area contributed by atoms with Crippen molar-refractivity contribution in [1.82, 2.24) is 9.55 Å². The van der Waals surface area contributed by atoms with Gasteiger partial charge in [-0.05, 0) is 43.4 Å². The summed E-state index contributed by atoms with van der Waals surface area (Å²) < 4.78 is 8.06. The summed E-state index contributed by atoms with van der Waals surface area (Å²) in [5.74, 6) is 0.854. The van der Waals surface area contributed by atoms with Crippen molar-refractivity contribution in [2.24, 2.45) is 0 Å². The third-order valence-electron chi connectivity index (χ3n) is 3.03. The maximum absolute atomic E-state index is 6.26. The molecule has 2 aromatic heterocycles. The topological polar surface area (TPSA) is 33.9 Å². The smallest absolute Gasteiger partial charge is 0.178 e. The molecule has 3 nitrogen and oxygen atoms in total. The molecule has 92 valence electrons. The molecule has 0 aliphatic heterocycles. The molecule has 0 aliphatic carbocycles. The predicted molar refractivity (Wildman–Crippen MR) is 74.7 cm³/mol. The zero-order valence-electron chi connectivity index (χ0n) is 9.68. The Morgan fingerprint density at radius 2 is 2.17 bits per heavy atom. The van der Waals surface area contributed by atoms with Gasteiger partial charge in [0.2, 0.25) is 0 Å². The molecule has 18 heavy (non-hydrogen) atoms. The summed E-state index contributed by atoms with van der Waals surface area (Å²) in [6, 6.07) is 9.52. The van der Waals surface area contributed by atoms with Gasteiger partial charge in [0, 0.05) is 0 Å². The van der Waals surface area contributed by atoms with Crippen LogP contribution in [0.25, 0.3) is 11.0 Å². The van der Waals surface area contributed by atoms with Gasteiger partial charge in [0.15, 0.2) is 4.77 Å². The highest BCUT2D eigenvalue weighted by Gasteiger charge is 2.16. The average molecular weight is 279 g/mol. The number of hydrogen-bond donors (Lipinski definition) is 1. The van der Waals surface area contributed by atoms with E-state index in [0.29, 0.717) is 9.79 Å². The lowest BCUT2D eigenvalue weighted by Gasteiger charge is -2.12. The maximum atomic E-state index is 6.26. The fraction of sp³-hybridized carbons (Fsp3) is 0.154. The van der Waals surface area contributed by atoms with Crippen LogP contribution < -0.4 is 0 Å². The van der Waals surface area contributed by atoms with Gasteiger partial charge in [0.05, 0.1) is 28.4 Å². The fourth-order valence-corrected chi connectivity index (χ4v) is 2.79. The lowest BCUT2D eigenvalue weighted by Crippen LogP contribution is -2.05. The molecule has 3 aromatic rings. The van der Waals surface area contributed by atoms with Crippen LogP contribution in [0.15, 0.2) is 41.0 Å². The minimum absolute atomic E-state index is 0.00106.